The molecule has 18 heavy (non-hydrogen) atoms. The van der Waals surface area contributed by atoms with Crippen molar-refractivity contribution in [1.29, 1.82) is 0 Å². The highest BCUT2D eigenvalue weighted by Gasteiger charge is 2.14. The van der Waals surface area contributed by atoms with E-state index in [0.29, 0.717) is 21.4 Å². The maximum absolute atomic E-state index is 11.7. The Labute approximate surface area is 113 Å². The van der Waals surface area contributed by atoms with Crippen LogP contribution >= 0.6 is 21.6 Å². The summed E-state index contributed by atoms with van der Waals surface area (Å²) in [6.45, 7) is 3.50. The van der Waals surface area contributed by atoms with Crippen molar-refractivity contribution in [2.24, 2.45) is 0 Å². The van der Waals surface area contributed by atoms with E-state index in [2.05, 4.69) is 0 Å². The lowest BCUT2D eigenvalue weighted by molar-refractivity contribution is -0.652. The monoisotopic (exact) mass is 280 g/mol. The zero-order valence-electron chi connectivity index (χ0n) is 9.99. The Morgan fingerprint density at radius 1 is 0.778 bits per heavy atom. The van der Waals surface area contributed by atoms with Gasteiger partial charge in [-0.1, -0.05) is 0 Å². The van der Waals surface area contributed by atoms with Crippen molar-refractivity contribution < 1.29 is 9.46 Å². The van der Waals surface area contributed by atoms with Crippen molar-refractivity contribution in [1.82, 2.24) is 0 Å². The first-order valence-electron chi connectivity index (χ1n) is 5.32. The van der Waals surface area contributed by atoms with Crippen molar-refractivity contribution in [2.75, 3.05) is 0 Å². The van der Waals surface area contributed by atoms with E-state index in [0.717, 1.165) is 9.46 Å². The van der Waals surface area contributed by atoms with Gasteiger partial charge in [0.15, 0.2) is 11.4 Å². The molecule has 0 saturated heterocycles. The third-order valence-electron chi connectivity index (χ3n) is 2.41. The van der Waals surface area contributed by atoms with Crippen LogP contribution in [0.3, 0.4) is 0 Å². The lowest BCUT2D eigenvalue weighted by Crippen LogP contribution is -2.33. The SMILES string of the molecule is Cc1cccc(SSc2cccc(C)[n+]2[O-])[n+]1[O-]. The van der Waals surface area contributed by atoms with Gasteiger partial charge < -0.3 is 10.4 Å². The van der Waals surface area contributed by atoms with Crippen LogP contribution in [0, 0.1) is 24.3 Å². The molecule has 0 aliphatic heterocycles. The van der Waals surface area contributed by atoms with E-state index in [4.69, 9.17) is 0 Å². The van der Waals surface area contributed by atoms with Gasteiger partial charge in [0.1, 0.15) is 0 Å². The van der Waals surface area contributed by atoms with Crippen molar-refractivity contribution in [3.63, 3.8) is 0 Å². The Kier molecular flexibility index (Phi) is 3.98. The van der Waals surface area contributed by atoms with Crippen LogP contribution in [0.15, 0.2) is 46.5 Å². The molecule has 2 aromatic heterocycles. The maximum Gasteiger partial charge on any atom is 0.262 e. The zero-order valence-corrected chi connectivity index (χ0v) is 11.6. The number of nitrogens with zero attached hydrogens (tertiary/aromatic N) is 2. The molecule has 0 saturated carbocycles. The fraction of sp³-hybridized carbons (Fsp3) is 0.167. The highest BCUT2D eigenvalue weighted by atomic mass is 33.1. The van der Waals surface area contributed by atoms with E-state index in [-0.39, 0.29) is 0 Å². The summed E-state index contributed by atoms with van der Waals surface area (Å²) in [5, 5.41) is 24.6. The Balaban J connectivity index is 2.17. The molecule has 0 radical (unpaired) electrons. The van der Waals surface area contributed by atoms with Gasteiger partial charge in [0, 0.05) is 59.7 Å². The van der Waals surface area contributed by atoms with Crippen LogP contribution in [0.25, 0.3) is 0 Å². The van der Waals surface area contributed by atoms with Crippen LogP contribution in [0.4, 0.5) is 0 Å². The summed E-state index contributed by atoms with van der Waals surface area (Å²) in [5.41, 5.74) is 1.28. The first-order chi connectivity index (χ1) is 8.59. The van der Waals surface area contributed by atoms with Gasteiger partial charge in [0.05, 0.1) is 0 Å². The Morgan fingerprint density at radius 3 is 1.56 bits per heavy atom. The molecule has 2 heterocycles. The first kappa shape index (κ1) is 13.0. The van der Waals surface area contributed by atoms with E-state index < -0.39 is 0 Å². The molecule has 0 spiro atoms. The predicted octanol–water partition coefficient (Wildman–Crippen LogP) is 2.37. The Morgan fingerprint density at radius 2 is 1.17 bits per heavy atom. The third kappa shape index (κ3) is 2.70. The molecule has 0 unspecified atom stereocenters. The highest BCUT2D eigenvalue weighted by molar-refractivity contribution is 8.76. The van der Waals surface area contributed by atoms with Gasteiger partial charge in [-0.3, -0.25) is 0 Å². The standard InChI is InChI=1S/C12H12N2O2S2/c1-9-5-3-7-11(13(9)15)17-18-12-8-4-6-10(2)14(12)16/h3-8H,1-2H3. The second-order valence-electron chi connectivity index (χ2n) is 3.77. The molecule has 6 heteroatoms. The predicted molar refractivity (Wildman–Crippen MR) is 72.0 cm³/mol. The summed E-state index contributed by atoms with van der Waals surface area (Å²) in [5.74, 6) is 0. The molecule has 0 fully saturated rings. The minimum absolute atomic E-state index is 0.571. The molecule has 94 valence electrons. The molecule has 0 bridgehead atoms. The third-order valence-corrected chi connectivity index (χ3v) is 4.71. The van der Waals surface area contributed by atoms with Crippen molar-refractivity contribution in [2.45, 2.75) is 23.9 Å². The minimum atomic E-state index is 0.571. The molecular formula is C12H12N2O2S2. The fourth-order valence-corrected chi connectivity index (χ4v) is 3.48. The molecule has 0 aliphatic carbocycles. The zero-order chi connectivity index (χ0) is 13.1. The number of hydrogen-bond donors (Lipinski definition) is 0. The Bertz CT molecular complexity index is 524. The summed E-state index contributed by atoms with van der Waals surface area (Å²) in [4.78, 5) is 0. The largest absolute Gasteiger partial charge is 0.618 e. The van der Waals surface area contributed by atoms with Gasteiger partial charge in [0.25, 0.3) is 10.1 Å². The number of hydrogen-bond acceptors (Lipinski definition) is 4. The lowest BCUT2D eigenvalue weighted by Gasteiger charge is -2.07. The fourth-order valence-electron chi connectivity index (χ4n) is 1.37. The molecular weight excluding hydrogens is 268 g/mol. The normalized spacial score (nSPS) is 10.6. The van der Waals surface area contributed by atoms with Gasteiger partial charge in [-0.2, -0.15) is 9.46 Å². The van der Waals surface area contributed by atoms with E-state index >= 15 is 0 Å². The number of aromatic nitrogens is 2. The average Bonchev–Trinajstić information content (AvgIpc) is 2.36. The molecule has 0 atom stereocenters. The van der Waals surface area contributed by atoms with E-state index in [1.54, 1.807) is 38.1 Å². The first-order valence-corrected chi connectivity index (χ1v) is 7.47. The van der Waals surface area contributed by atoms with Crippen LogP contribution < -0.4 is 9.46 Å². The highest BCUT2D eigenvalue weighted by Crippen LogP contribution is 2.33. The van der Waals surface area contributed by atoms with Crippen LogP contribution in [0.2, 0.25) is 0 Å². The minimum Gasteiger partial charge on any atom is -0.618 e. The van der Waals surface area contributed by atoms with Crippen LogP contribution in [-0.2, 0) is 0 Å². The van der Waals surface area contributed by atoms with Gasteiger partial charge in [-0.15, -0.1) is 0 Å². The lowest BCUT2D eigenvalue weighted by atomic mass is 10.4. The summed E-state index contributed by atoms with van der Waals surface area (Å²) in [7, 11) is 2.57. The molecule has 2 aromatic rings. The summed E-state index contributed by atoms with van der Waals surface area (Å²) < 4.78 is 1.73. The molecule has 2 rings (SSSR count). The smallest absolute Gasteiger partial charge is 0.262 e. The second kappa shape index (κ2) is 5.49. The van der Waals surface area contributed by atoms with Crippen molar-refractivity contribution in [3.05, 3.63) is 58.2 Å². The van der Waals surface area contributed by atoms with Crippen molar-refractivity contribution >= 4 is 21.6 Å². The van der Waals surface area contributed by atoms with E-state index in [1.165, 1.54) is 21.6 Å². The van der Waals surface area contributed by atoms with Gasteiger partial charge in [-0.25, -0.2) is 0 Å². The van der Waals surface area contributed by atoms with Crippen LogP contribution in [0.1, 0.15) is 11.4 Å². The topological polar surface area (TPSA) is 53.9 Å². The number of rotatable bonds is 3. The molecule has 0 N–H and O–H groups in total. The van der Waals surface area contributed by atoms with Crippen LogP contribution in [0.5, 0.6) is 0 Å². The summed E-state index contributed by atoms with van der Waals surface area (Å²) in [6.07, 6.45) is 0. The van der Waals surface area contributed by atoms with E-state index in [9.17, 15) is 10.4 Å². The molecule has 4 nitrogen and oxygen atoms in total. The van der Waals surface area contributed by atoms with Gasteiger partial charge in [0.2, 0.25) is 0 Å². The van der Waals surface area contributed by atoms with E-state index in [1.807, 2.05) is 12.1 Å². The quantitative estimate of drug-likeness (QED) is 0.492. The van der Waals surface area contributed by atoms with Crippen molar-refractivity contribution in [3.8, 4) is 0 Å². The average molecular weight is 280 g/mol. The molecule has 0 aromatic carbocycles. The molecule has 0 aliphatic rings. The Hall–Kier alpha value is -1.40. The number of pyridine rings is 2. The maximum atomic E-state index is 11.7. The van der Waals surface area contributed by atoms with Gasteiger partial charge in [-0.05, 0) is 12.1 Å². The van der Waals surface area contributed by atoms with Gasteiger partial charge >= 0.3 is 0 Å². The second-order valence-corrected chi connectivity index (χ2v) is 5.94. The summed E-state index contributed by atoms with van der Waals surface area (Å²) in [6, 6.07) is 10.6. The summed E-state index contributed by atoms with van der Waals surface area (Å²) >= 11 is 0. The van der Waals surface area contributed by atoms with Crippen LogP contribution in [-0.4, -0.2) is 0 Å². The molecule has 0 amide bonds. The number of aryl methyl sites for hydroxylation is 2.